The van der Waals surface area contributed by atoms with Crippen LogP contribution in [-0.2, 0) is 13.1 Å². The minimum Gasteiger partial charge on any atom is -0.326 e. The molecule has 1 N–H and O–H groups in total. The van der Waals surface area contributed by atoms with Gasteiger partial charge in [-0.15, -0.1) is 0 Å². The molecule has 0 aliphatic carbocycles. The van der Waals surface area contributed by atoms with E-state index in [0.29, 0.717) is 0 Å². The molecular formula is C14H16ClN3. The molecule has 0 unspecified atom stereocenters. The Bertz CT molecular complexity index is 601. The van der Waals surface area contributed by atoms with E-state index in [0.717, 1.165) is 36.0 Å². The lowest BCUT2D eigenvalue weighted by Crippen LogP contribution is -2.28. The van der Waals surface area contributed by atoms with E-state index in [1.807, 2.05) is 19.2 Å². The van der Waals surface area contributed by atoms with Gasteiger partial charge in [0.2, 0.25) is 0 Å². The smallest absolute Gasteiger partial charge is 0.123 e. The van der Waals surface area contributed by atoms with Crippen molar-refractivity contribution in [1.82, 2.24) is 14.9 Å². The first-order chi connectivity index (χ1) is 8.66. The van der Waals surface area contributed by atoms with Crippen molar-refractivity contribution >= 4 is 11.6 Å². The molecule has 0 spiro atoms. The molecule has 0 radical (unpaired) electrons. The summed E-state index contributed by atoms with van der Waals surface area (Å²) in [6.07, 6.45) is 1.97. The molecule has 0 bridgehead atoms. The van der Waals surface area contributed by atoms with Crippen LogP contribution in [0.15, 0.2) is 18.3 Å². The summed E-state index contributed by atoms with van der Waals surface area (Å²) in [5, 5.41) is 4.17. The Morgan fingerprint density at radius 2 is 2.11 bits per heavy atom. The number of fused-ring (bicyclic) bond motifs is 1. The lowest BCUT2D eigenvalue weighted by molar-refractivity contribution is 0.508. The highest BCUT2D eigenvalue weighted by Gasteiger charge is 2.16. The molecule has 1 aromatic carbocycles. The van der Waals surface area contributed by atoms with E-state index in [4.69, 9.17) is 11.6 Å². The van der Waals surface area contributed by atoms with Gasteiger partial charge in [0, 0.05) is 23.7 Å². The second-order valence-electron chi connectivity index (χ2n) is 4.80. The number of hydrogen-bond acceptors (Lipinski definition) is 2. The molecule has 94 valence electrons. The van der Waals surface area contributed by atoms with Gasteiger partial charge in [-0.2, -0.15) is 0 Å². The molecule has 0 amide bonds. The highest BCUT2D eigenvalue weighted by atomic mass is 35.5. The lowest BCUT2D eigenvalue weighted by Gasteiger charge is -2.18. The Morgan fingerprint density at radius 1 is 1.28 bits per heavy atom. The van der Waals surface area contributed by atoms with Crippen LogP contribution in [0.25, 0.3) is 11.3 Å². The molecule has 0 saturated heterocycles. The molecule has 2 heterocycles. The second kappa shape index (κ2) is 4.41. The number of aromatic nitrogens is 2. The second-order valence-corrected chi connectivity index (χ2v) is 5.21. The minimum atomic E-state index is 0.830. The molecule has 3 rings (SSSR count). The van der Waals surface area contributed by atoms with Crippen LogP contribution in [0.3, 0.4) is 0 Å². The summed E-state index contributed by atoms with van der Waals surface area (Å²) < 4.78 is 2.30. The van der Waals surface area contributed by atoms with E-state index >= 15 is 0 Å². The number of nitrogens with zero attached hydrogens (tertiary/aromatic N) is 2. The van der Waals surface area contributed by atoms with Crippen molar-refractivity contribution in [3.63, 3.8) is 0 Å². The number of nitrogens with one attached hydrogen (secondary N) is 1. The van der Waals surface area contributed by atoms with Crippen LogP contribution >= 0.6 is 11.6 Å². The Labute approximate surface area is 112 Å². The van der Waals surface area contributed by atoms with Crippen molar-refractivity contribution in [1.29, 1.82) is 0 Å². The van der Waals surface area contributed by atoms with E-state index in [2.05, 4.69) is 27.9 Å². The molecule has 0 atom stereocenters. The molecule has 1 aromatic heterocycles. The number of hydrogen-bond donors (Lipinski definition) is 1. The van der Waals surface area contributed by atoms with Crippen molar-refractivity contribution in [2.75, 3.05) is 6.54 Å². The standard InChI is InChI=1S/C14H16ClN3/c1-9-6-12(15)10(2)5-11(9)13-7-17-14-8-16-3-4-18(13)14/h5-7,16H,3-4,8H2,1-2H3. The largest absolute Gasteiger partial charge is 0.326 e. The third kappa shape index (κ3) is 1.84. The van der Waals surface area contributed by atoms with Crippen LogP contribution in [0.1, 0.15) is 17.0 Å². The summed E-state index contributed by atoms with van der Waals surface area (Å²) in [5.74, 6) is 1.11. The number of rotatable bonds is 1. The molecular weight excluding hydrogens is 246 g/mol. The molecule has 1 aliphatic heterocycles. The Morgan fingerprint density at radius 3 is 2.94 bits per heavy atom. The van der Waals surface area contributed by atoms with Crippen molar-refractivity contribution in [2.45, 2.75) is 26.9 Å². The third-order valence-corrected chi connectivity index (χ3v) is 3.92. The van der Waals surface area contributed by atoms with Crippen LogP contribution in [0.2, 0.25) is 5.02 Å². The van der Waals surface area contributed by atoms with E-state index in [9.17, 15) is 0 Å². The number of aryl methyl sites for hydroxylation is 2. The molecule has 0 saturated carbocycles. The maximum atomic E-state index is 6.16. The fourth-order valence-electron chi connectivity index (χ4n) is 2.47. The summed E-state index contributed by atoms with van der Waals surface area (Å²) >= 11 is 6.16. The van der Waals surface area contributed by atoms with Gasteiger partial charge in [-0.1, -0.05) is 11.6 Å². The van der Waals surface area contributed by atoms with Crippen LogP contribution in [-0.4, -0.2) is 16.1 Å². The highest BCUT2D eigenvalue weighted by Crippen LogP contribution is 2.29. The Hall–Kier alpha value is -1.32. The first-order valence-electron chi connectivity index (χ1n) is 6.19. The quantitative estimate of drug-likeness (QED) is 0.855. The summed E-state index contributed by atoms with van der Waals surface area (Å²) in [6.45, 7) is 6.97. The van der Waals surface area contributed by atoms with Crippen molar-refractivity contribution in [3.05, 3.63) is 40.3 Å². The maximum absolute atomic E-state index is 6.16. The van der Waals surface area contributed by atoms with E-state index in [-0.39, 0.29) is 0 Å². The molecule has 4 heteroatoms. The fourth-order valence-corrected chi connectivity index (χ4v) is 2.69. The topological polar surface area (TPSA) is 29.9 Å². The number of halogens is 1. The summed E-state index contributed by atoms with van der Waals surface area (Å²) in [4.78, 5) is 4.49. The van der Waals surface area contributed by atoms with Gasteiger partial charge in [0.05, 0.1) is 18.4 Å². The zero-order valence-corrected chi connectivity index (χ0v) is 11.4. The average Bonchev–Trinajstić information content (AvgIpc) is 2.78. The van der Waals surface area contributed by atoms with Gasteiger partial charge in [0.25, 0.3) is 0 Å². The predicted molar refractivity (Wildman–Crippen MR) is 73.9 cm³/mol. The summed E-state index contributed by atoms with van der Waals surface area (Å²) in [7, 11) is 0. The molecule has 3 nitrogen and oxygen atoms in total. The summed E-state index contributed by atoms with van der Waals surface area (Å²) in [6, 6.07) is 4.19. The Balaban J connectivity index is 2.15. The van der Waals surface area contributed by atoms with Crippen LogP contribution in [0.4, 0.5) is 0 Å². The van der Waals surface area contributed by atoms with Gasteiger partial charge < -0.3 is 9.88 Å². The minimum absolute atomic E-state index is 0.830. The van der Waals surface area contributed by atoms with Crippen molar-refractivity contribution in [2.24, 2.45) is 0 Å². The number of benzene rings is 1. The van der Waals surface area contributed by atoms with Crippen LogP contribution in [0, 0.1) is 13.8 Å². The van der Waals surface area contributed by atoms with E-state index < -0.39 is 0 Å². The van der Waals surface area contributed by atoms with Crippen molar-refractivity contribution < 1.29 is 0 Å². The van der Waals surface area contributed by atoms with Gasteiger partial charge in [-0.05, 0) is 37.1 Å². The molecule has 2 aromatic rings. The third-order valence-electron chi connectivity index (χ3n) is 3.52. The SMILES string of the molecule is Cc1cc(-c2cnc3n2CCNC3)c(C)cc1Cl. The first kappa shape index (κ1) is 11.8. The zero-order valence-electron chi connectivity index (χ0n) is 10.6. The van der Waals surface area contributed by atoms with Gasteiger partial charge in [0.1, 0.15) is 5.82 Å². The van der Waals surface area contributed by atoms with Gasteiger partial charge in [-0.3, -0.25) is 0 Å². The van der Waals surface area contributed by atoms with E-state index in [1.54, 1.807) is 0 Å². The van der Waals surface area contributed by atoms with Gasteiger partial charge in [0.15, 0.2) is 0 Å². The maximum Gasteiger partial charge on any atom is 0.123 e. The van der Waals surface area contributed by atoms with Crippen LogP contribution in [0.5, 0.6) is 0 Å². The first-order valence-corrected chi connectivity index (χ1v) is 6.57. The molecule has 0 fully saturated rings. The van der Waals surface area contributed by atoms with Gasteiger partial charge >= 0.3 is 0 Å². The average molecular weight is 262 g/mol. The monoisotopic (exact) mass is 261 g/mol. The van der Waals surface area contributed by atoms with Crippen molar-refractivity contribution in [3.8, 4) is 11.3 Å². The van der Waals surface area contributed by atoms with E-state index in [1.165, 1.54) is 16.8 Å². The van der Waals surface area contributed by atoms with Gasteiger partial charge in [-0.25, -0.2) is 4.98 Å². The zero-order chi connectivity index (χ0) is 12.7. The molecule has 18 heavy (non-hydrogen) atoms. The lowest BCUT2D eigenvalue weighted by atomic mass is 10.0. The fraction of sp³-hybridized carbons (Fsp3) is 0.357. The number of imidazole rings is 1. The Kier molecular flexibility index (Phi) is 2.88. The summed E-state index contributed by atoms with van der Waals surface area (Å²) in [5.41, 5.74) is 4.75. The normalized spacial score (nSPS) is 14.6. The molecule has 1 aliphatic rings. The highest BCUT2D eigenvalue weighted by molar-refractivity contribution is 6.31. The van der Waals surface area contributed by atoms with Crippen LogP contribution < -0.4 is 5.32 Å². The predicted octanol–water partition coefficient (Wildman–Crippen LogP) is 2.92.